The first-order chi connectivity index (χ1) is 35.8. The van der Waals surface area contributed by atoms with Crippen molar-refractivity contribution >= 4 is 28.8 Å². The number of aliphatic hydroxyl groups is 1. The number of phenols is 3. The summed E-state index contributed by atoms with van der Waals surface area (Å²) in [6, 6.07) is 37.5. The number of esters is 2. The Hall–Kier alpha value is -6.78. The standard InChI is InChI=1S/C64H66O10/c1-37(65)73-57-32-45(74-61(70)63(23-22-62(36-63)19-10-11-20-62)43-17-16-40-24-44(66)30-47(46(40)29-43)39-14-8-5-9-15-39)31-50-48-34-59(72-3)55(68)27-41(48)25-51-54(67)35-52-49-33-56(69)58(71-2)28-42(49)26-53(57)64(52,60(50)51)21-18-38-12-6-4-7-13-38/h4-9,12-18,21,24,27-30,33-34,45,50-54,57,60,66-69H,10-11,19-20,22-23,25-26,31-32,35-36H2,1-3H3. The van der Waals surface area contributed by atoms with E-state index in [1.165, 1.54) is 14.0 Å². The van der Waals surface area contributed by atoms with Gasteiger partial charge in [-0.3, -0.25) is 9.59 Å². The van der Waals surface area contributed by atoms with Gasteiger partial charge in [0.05, 0.1) is 25.7 Å². The third-order valence-electron chi connectivity index (χ3n) is 19.0. The third kappa shape index (κ3) is 7.93. The van der Waals surface area contributed by atoms with E-state index >= 15 is 4.79 Å². The van der Waals surface area contributed by atoms with Crippen molar-refractivity contribution in [2.24, 2.45) is 28.6 Å². The van der Waals surface area contributed by atoms with E-state index in [1.807, 2.05) is 72.8 Å². The van der Waals surface area contributed by atoms with Gasteiger partial charge in [0.25, 0.3) is 0 Å². The maximum absolute atomic E-state index is 16.1. The van der Waals surface area contributed by atoms with Crippen LogP contribution in [0, 0.1) is 28.6 Å². The highest BCUT2D eigenvalue weighted by Gasteiger charge is 2.66. The number of allylic oxidation sites excluding steroid dienone is 1. The van der Waals surface area contributed by atoms with Gasteiger partial charge in [-0.05, 0) is 185 Å². The molecule has 4 fully saturated rings. The Balaban J connectivity index is 1.04. The summed E-state index contributed by atoms with van der Waals surface area (Å²) in [5.41, 5.74) is 5.76. The molecule has 6 aromatic rings. The minimum Gasteiger partial charge on any atom is -0.508 e. The maximum Gasteiger partial charge on any atom is 0.316 e. The Morgan fingerprint density at radius 1 is 0.703 bits per heavy atom. The zero-order valence-corrected chi connectivity index (χ0v) is 42.5. The number of benzene rings is 6. The SMILES string of the molecule is COc1cc2c(cc1O)C1CC(O)C3Cc4cc(O)c(OC)cc4C4CC(OC(=O)C5(c6ccc7cc(O)cc(-c8ccccc8)c7c6)CCC6(CCCC6)C5)CC(OC(C)=O)C(C2)C1(C=Cc1ccccc1)C43. The van der Waals surface area contributed by atoms with Gasteiger partial charge in [0.15, 0.2) is 23.0 Å². The Bertz CT molecular complexity index is 3180. The molecule has 1 spiro atoms. The van der Waals surface area contributed by atoms with Gasteiger partial charge in [-0.25, -0.2) is 0 Å². The van der Waals surface area contributed by atoms with Gasteiger partial charge in [-0.2, -0.15) is 0 Å². The van der Waals surface area contributed by atoms with Crippen molar-refractivity contribution in [3.05, 3.63) is 155 Å². The molecule has 0 radical (unpaired) electrons. The minimum absolute atomic E-state index is 0.00338. The molecular formula is C64H66O10. The number of ether oxygens (including phenoxy) is 4. The Labute approximate surface area is 433 Å². The Morgan fingerprint density at radius 3 is 2.16 bits per heavy atom. The molecule has 10 unspecified atom stereocenters. The van der Waals surface area contributed by atoms with Crippen molar-refractivity contribution < 1.29 is 49.0 Å². The van der Waals surface area contributed by atoms with E-state index in [0.29, 0.717) is 50.0 Å². The molecule has 0 saturated heterocycles. The average Bonchev–Trinajstić information content (AvgIpc) is 4.07. The molecule has 0 amide bonds. The van der Waals surface area contributed by atoms with Crippen molar-refractivity contribution in [3.8, 4) is 39.9 Å². The second-order valence-corrected chi connectivity index (χ2v) is 22.8. The molecule has 6 aliphatic carbocycles. The van der Waals surface area contributed by atoms with Crippen LogP contribution in [0.1, 0.15) is 116 Å². The van der Waals surface area contributed by atoms with Crippen molar-refractivity contribution in [1.29, 1.82) is 0 Å². The lowest BCUT2D eigenvalue weighted by atomic mass is 9.40. The van der Waals surface area contributed by atoms with E-state index in [-0.39, 0.29) is 64.6 Å². The summed E-state index contributed by atoms with van der Waals surface area (Å²) in [5.74, 6) is -1.46. The van der Waals surface area contributed by atoms with Gasteiger partial charge < -0.3 is 39.4 Å². The molecule has 0 heterocycles. The average molecular weight is 995 g/mol. The summed E-state index contributed by atoms with van der Waals surface area (Å²) in [4.78, 5) is 29.8. The number of hydrogen-bond donors (Lipinski definition) is 4. The molecular weight excluding hydrogens is 929 g/mol. The molecule has 10 heteroatoms. The van der Waals surface area contributed by atoms with Crippen LogP contribution < -0.4 is 9.47 Å². The molecule has 382 valence electrons. The normalized spacial score (nSPS) is 29.4. The number of carbonyl (C=O) groups excluding carboxylic acids is 2. The predicted molar refractivity (Wildman–Crippen MR) is 283 cm³/mol. The summed E-state index contributed by atoms with van der Waals surface area (Å²) in [5, 5.41) is 48.4. The quantitative estimate of drug-likeness (QED) is 0.103. The fourth-order valence-electron chi connectivity index (χ4n) is 16.0. The highest BCUT2D eigenvalue weighted by molar-refractivity contribution is 5.99. The summed E-state index contributed by atoms with van der Waals surface area (Å²) in [6.07, 6.45) is 10.7. The van der Waals surface area contributed by atoms with Gasteiger partial charge in [0.1, 0.15) is 18.0 Å². The molecule has 10 nitrogen and oxygen atoms in total. The topological polar surface area (TPSA) is 152 Å². The van der Waals surface area contributed by atoms with Gasteiger partial charge in [-0.15, -0.1) is 0 Å². The lowest BCUT2D eigenvalue weighted by Gasteiger charge is -2.64. The van der Waals surface area contributed by atoms with Crippen LogP contribution in [0.3, 0.4) is 0 Å². The van der Waals surface area contributed by atoms with Crippen LogP contribution in [0.4, 0.5) is 0 Å². The zero-order chi connectivity index (χ0) is 51.1. The molecule has 4 saturated carbocycles. The Morgan fingerprint density at radius 2 is 1.42 bits per heavy atom. The number of phenolic OH excluding ortho intramolecular Hbond substituents is 3. The fourth-order valence-corrected chi connectivity index (χ4v) is 16.0. The Kier molecular flexibility index (Phi) is 12.1. The molecule has 12 rings (SSSR count). The van der Waals surface area contributed by atoms with Gasteiger partial charge in [-0.1, -0.05) is 97.8 Å². The van der Waals surface area contributed by atoms with Crippen LogP contribution in [0.2, 0.25) is 0 Å². The molecule has 0 aliphatic heterocycles. The van der Waals surface area contributed by atoms with E-state index in [9.17, 15) is 25.2 Å². The van der Waals surface area contributed by atoms with Crippen LogP contribution in [-0.2, 0) is 37.3 Å². The molecule has 0 bridgehead atoms. The van der Waals surface area contributed by atoms with Crippen molar-refractivity contribution in [2.45, 2.75) is 120 Å². The minimum atomic E-state index is -0.984. The molecule has 6 aromatic carbocycles. The fraction of sp³-hybridized carbons (Fsp3) is 0.406. The van der Waals surface area contributed by atoms with Crippen molar-refractivity contribution in [1.82, 2.24) is 0 Å². The molecule has 74 heavy (non-hydrogen) atoms. The summed E-state index contributed by atoms with van der Waals surface area (Å²) in [7, 11) is 3.09. The van der Waals surface area contributed by atoms with Crippen LogP contribution >= 0.6 is 0 Å². The first kappa shape index (κ1) is 48.2. The monoisotopic (exact) mass is 994 g/mol. The molecule has 0 aromatic heterocycles. The van der Waals surface area contributed by atoms with Crippen LogP contribution in [0.25, 0.3) is 28.0 Å². The smallest absolute Gasteiger partial charge is 0.316 e. The molecule has 6 aliphatic rings. The van der Waals surface area contributed by atoms with Crippen molar-refractivity contribution in [3.63, 3.8) is 0 Å². The van der Waals surface area contributed by atoms with Crippen LogP contribution in [-0.4, -0.2) is 64.9 Å². The lowest BCUT2D eigenvalue weighted by Crippen LogP contribution is -2.62. The number of hydrogen-bond acceptors (Lipinski definition) is 10. The van der Waals surface area contributed by atoms with Gasteiger partial charge >= 0.3 is 11.9 Å². The number of aliphatic hydroxyl groups excluding tert-OH is 1. The second kappa shape index (κ2) is 18.6. The molecule has 10 atom stereocenters. The first-order valence-electron chi connectivity index (χ1n) is 26.7. The van der Waals surface area contributed by atoms with Crippen molar-refractivity contribution in [2.75, 3.05) is 14.2 Å². The molecule has 4 N–H and O–H groups in total. The van der Waals surface area contributed by atoms with E-state index < -0.39 is 35.1 Å². The number of aromatic hydroxyl groups is 3. The highest BCUT2D eigenvalue weighted by atomic mass is 16.6. The number of carbonyl (C=O) groups is 2. The zero-order valence-electron chi connectivity index (χ0n) is 42.5. The van der Waals surface area contributed by atoms with E-state index in [2.05, 4.69) is 36.4 Å². The van der Waals surface area contributed by atoms with Crippen LogP contribution in [0.15, 0.2) is 121 Å². The lowest BCUT2D eigenvalue weighted by molar-refractivity contribution is -0.178. The van der Waals surface area contributed by atoms with E-state index in [4.69, 9.17) is 18.9 Å². The highest BCUT2D eigenvalue weighted by Crippen LogP contribution is 2.70. The summed E-state index contributed by atoms with van der Waals surface area (Å²) >= 11 is 0. The number of methoxy groups -OCH3 is 2. The van der Waals surface area contributed by atoms with Crippen LogP contribution in [0.5, 0.6) is 28.7 Å². The predicted octanol–water partition coefficient (Wildman–Crippen LogP) is 12.3. The van der Waals surface area contributed by atoms with E-state index in [0.717, 1.165) is 87.4 Å². The number of fused-ring (bicyclic) bond motifs is 5. The van der Waals surface area contributed by atoms with E-state index in [1.54, 1.807) is 25.3 Å². The number of rotatable bonds is 9. The van der Waals surface area contributed by atoms with Gasteiger partial charge in [0, 0.05) is 24.7 Å². The first-order valence-corrected chi connectivity index (χ1v) is 26.7. The third-order valence-corrected chi connectivity index (χ3v) is 19.0. The largest absolute Gasteiger partial charge is 0.508 e. The second-order valence-electron chi connectivity index (χ2n) is 22.8. The maximum atomic E-state index is 16.1. The van der Waals surface area contributed by atoms with Gasteiger partial charge in [0.2, 0.25) is 0 Å². The summed E-state index contributed by atoms with van der Waals surface area (Å²) in [6.45, 7) is 1.45. The summed E-state index contributed by atoms with van der Waals surface area (Å²) < 4.78 is 25.5.